The molecule has 2 aromatic rings. The quantitative estimate of drug-likeness (QED) is 0.868. The largest absolute Gasteiger partial charge is 0.394 e. The first-order chi connectivity index (χ1) is 8.21. The van der Waals surface area contributed by atoms with E-state index in [-0.39, 0.29) is 12.1 Å². The highest BCUT2D eigenvalue weighted by atomic mass is 35.5. The molecular formula is C12H14ClN3O. The zero-order chi connectivity index (χ0) is 11.9. The van der Waals surface area contributed by atoms with Gasteiger partial charge in [-0.3, -0.25) is 0 Å². The molecule has 1 aliphatic carbocycles. The smallest absolute Gasteiger partial charge is 0.137 e. The maximum Gasteiger partial charge on any atom is 0.137 e. The van der Waals surface area contributed by atoms with Crippen LogP contribution in [0.2, 0.25) is 5.02 Å². The Labute approximate surface area is 104 Å². The van der Waals surface area contributed by atoms with Crippen molar-refractivity contribution in [1.82, 2.24) is 14.7 Å². The second-order valence-electron chi connectivity index (χ2n) is 4.64. The minimum absolute atomic E-state index is 0.0482. The predicted octanol–water partition coefficient (Wildman–Crippen LogP) is 1.60. The second-order valence-corrected chi connectivity index (χ2v) is 5.07. The Balaban J connectivity index is 1.77. The first-order valence-corrected chi connectivity index (χ1v) is 6.08. The van der Waals surface area contributed by atoms with Gasteiger partial charge < -0.3 is 14.8 Å². The number of nitrogens with zero attached hydrogens (tertiary/aromatic N) is 2. The molecule has 0 bridgehead atoms. The number of nitrogens with one attached hydrogen (secondary N) is 1. The first-order valence-electron chi connectivity index (χ1n) is 5.70. The van der Waals surface area contributed by atoms with Gasteiger partial charge in [0, 0.05) is 24.5 Å². The third kappa shape index (κ3) is 2.16. The van der Waals surface area contributed by atoms with Gasteiger partial charge in [-0.2, -0.15) is 0 Å². The summed E-state index contributed by atoms with van der Waals surface area (Å²) in [6.07, 6.45) is 5.89. The van der Waals surface area contributed by atoms with Gasteiger partial charge in [-0.05, 0) is 25.0 Å². The van der Waals surface area contributed by atoms with Crippen LogP contribution < -0.4 is 5.32 Å². The number of aliphatic hydroxyl groups is 1. The standard InChI is InChI=1S/C12H14ClN3O/c13-9-1-2-11-15-10(7-16(11)6-9)5-14-12(8-17)3-4-12/h1-2,6-7,14,17H,3-5,8H2. The molecule has 2 N–H and O–H groups in total. The maximum atomic E-state index is 9.21. The molecule has 0 atom stereocenters. The molecular weight excluding hydrogens is 238 g/mol. The van der Waals surface area contributed by atoms with Crippen LogP contribution in [0.15, 0.2) is 24.5 Å². The molecule has 2 aromatic heterocycles. The van der Waals surface area contributed by atoms with Crippen molar-refractivity contribution in [1.29, 1.82) is 0 Å². The summed E-state index contributed by atoms with van der Waals surface area (Å²) < 4.78 is 1.91. The van der Waals surface area contributed by atoms with E-state index in [1.54, 1.807) is 0 Å². The third-order valence-corrected chi connectivity index (χ3v) is 3.49. The van der Waals surface area contributed by atoms with Crippen LogP contribution in [0, 0.1) is 0 Å². The Morgan fingerprint density at radius 3 is 2.94 bits per heavy atom. The minimum Gasteiger partial charge on any atom is -0.394 e. The fourth-order valence-electron chi connectivity index (χ4n) is 1.92. The minimum atomic E-state index is -0.0482. The summed E-state index contributed by atoms with van der Waals surface area (Å²) >= 11 is 5.91. The van der Waals surface area contributed by atoms with Gasteiger partial charge in [0.1, 0.15) is 5.65 Å². The first kappa shape index (κ1) is 11.0. The van der Waals surface area contributed by atoms with Gasteiger partial charge in [0.15, 0.2) is 0 Å². The molecule has 0 spiro atoms. The van der Waals surface area contributed by atoms with Crippen LogP contribution in [0.25, 0.3) is 5.65 Å². The average molecular weight is 252 g/mol. The van der Waals surface area contributed by atoms with Crippen LogP contribution in [-0.2, 0) is 6.54 Å². The number of pyridine rings is 1. The van der Waals surface area contributed by atoms with Gasteiger partial charge in [0.2, 0.25) is 0 Å². The van der Waals surface area contributed by atoms with Crippen molar-refractivity contribution in [2.45, 2.75) is 24.9 Å². The van der Waals surface area contributed by atoms with Gasteiger partial charge in [-0.15, -0.1) is 0 Å². The molecule has 0 aliphatic heterocycles. The van der Waals surface area contributed by atoms with E-state index in [9.17, 15) is 5.11 Å². The van der Waals surface area contributed by atoms with E-state index in [2.05, 4.69) is 10.3 Å². The lowest BCUT2D eigenvalue weighted by Gasteiger charge is -2.12. The van der Waals surface area contributed by atoms with E-state index in [0.717, 1.165) is 24.2 Å². The maximum absolute atomic E-state index is 9.21. The summed E-state index contributed by atoms with van der Waals surface area (Å²) in [6, 6.07) is 3.72. The second kappa shape index (κ2) is 3.98. The summed E-state index contributed by atoms with van der Waals surface area (Å²) in [5, 5.41) is 13.3. The van der Waals surface area contributed by atoms with Crippen molar-refractivity contribution in [3.8, 4) is 0 Å². The molecule has 4 nitrogen and oxygen atoms in total. The van der Waals surface area contributed by atoms with Crippen molar-refractivity contribution >= 4 is 17.2 Å². The Hall–Kier alpha value is -1.10. The summed E-state index contributed by atoms with van der Waals surface area (Å²) in [7, 11) is 0. The van der Waals surface area contributed by atoms with E-state index in [0.29, 0.717) is 11.6 Å². The van der Waals surface area contributed by atoms with Crippen molar-refractivity contribution in [3.05, 3.63) is 35.2 Å². The molecule has 0 unspecified atom stereocenters. The number of rotatable bonds is 4. The van der Waals surface area contributed by atoms with Crippen LogP contribution in [0.4, 0.5) is 0 Å². The highest BCUT2D eigenvalue weighted by Gasteiger charge is 2.41. The van der Waals surface area contributed by atoms with Crippen LogP contribution >= 0.6 is 11.6 Å². The van der Waals surface area contributed by atoms with E-state index in [1.807, 2.05) is 28.9 Å². The van der Waals surface area contributed by atoms with Crippen LogP contribution in [0.3, 0.4) is 0 Å². The molecule has 2 heterocycles. The molecule has 0 radical (unpaired) electrons. The van der Waals surface area contributed by atoms with Gasteiger partial charge in [0.25, 0.3) is 0 Å². The Morgan fingerprint density at radius 1 is 1.41 bits per heavy atom. The third-order valence-electron chi connectivity index (χ3n) is 3.27. The van der Waals surface area contributed by atoms with Crippen LogP contribution in [0.5, 0.6) is 0 Å². The average Bonchev–Trinajstić information content (AvgIpc) is 3.00. The molecule has 0 aromatic carbocycles. The molecule has 1 saturated carbocycles. The number of halogens is 1. The van der Waals surface area contributed by atoms with Crippen molar-refractivity contribution < 1.29 is 5.11 Å². The zero-order valence-corrected chi connectivity index (χ0v) is 10.1. The molecule has 1 fully saturated rings. The molecule has 90 valence electrons. The lowest BCUT2D eigenvalue weighted by atomic mass is 10.3. The SMILES string of the molecule is OCC1(NCc2cn3cc(Cl)ccc3n2)CC1. The molecule has 0 saturated heterocycles. The fraction of sp³-hybridized carbons (Fsp3) is 0.417. The van der Waals surface area contributed by atoms with Crippen molar-refractivity contribution in [2.75, 3.05) is 6.61 Å². The number of hydrogen-bond donors (Lipinski definition) is 2. The van der Waals surface area contributed by atoms with E-state index >= 15 is 0 Å². The normalized spacial score (nSPS) is 17.5. The number of aliphatic hydroxyl groups excluding tert-OH is 1. The molecule has 0 amide bonds. The van der Waals surface area contributed by atoms with Crippen molar-refractivity contribution in [2.24, 2.45) is 0 Å². The Bertz CT molecular complexity index is 548. The topological polar surface area (TPSA) is 49.6 Å². The summed E-state index contributed by atoms with van der Waals surface area (Å²) in [6.45, 7) is 0.881. The lowest BCUT2D eigenvalue weighted by molar-refractivity contribution is 0.229. The van der Waals surface area contributed by atoms with E-state index in [1.165, 1.54) is 0 Å². The molecule has 1 aliphatic rings. The van der Waals surface area contributed by atoms with Gasteiger partial charge in [-0.1, -0.05) is 11.6 Å². The summed E-state index contributed by atoms with van der Waals surface area (Å²) in [5.74, 6) is 0. The Morgan fingerprint density at radius 2 is 2.24 bits per heavy atom. The fourth-order valence-corrected chi connectivity index (χ4v) is 2.09. The number of hydrogen-bond acceptors (Lipinski definition) is 3. The Kier molecular flexibility index (Phi) is 2.58. The van der Waals surface area contributed by atoms with Gasteiger partial charge >= 0.3 is 0 Å². The summed E-state index contributed by atoms with van der Waals surface area (Å²) in [4.78, 5) is 4.48. The van der Waals surface area contributed by atoms with Gasteiger partial charge in [-0.25, -0.2) is 4.98 Å². The van der Waals surface area contributed by atoms with Gasteiger partial charge in [0.05, 0.1) is 17.3 Å². The highest BCUT2D eigenvalue weighted by molar-refractivity contribution is 6.30. The number of aromatic nitrogens is 2. The van der Waals surface area contributed by atoms with Crippen LogP contribution in [0.1, 0.15) is 18.5 Å². The van der Waals surface area contributed by atoms with Crippen LogP contribution in [-0.4, -0.2) is 26.6 Å². The lowest BCUT2D eigenvalue weighted by Crippen LogP contribution is -2.34. The molecule has 5 heteroatoms. The van der Waals surface area contributed by atoms with E-state index in [4.69, 9.17) is 11.6 Å². The zero-order valence-electron chi connectivity index (χ0n) is 9.36. The monoisotopic (exact) mass is 251 g/mol. The highest BCUT2D eigenvalue weighted by Crippen LogP contribution is 2.34. The number of imidazole rings is 1. The number of fused-ring (bicyclic) bond motifs is 1. The molecule has 3 rings (SSSR count). The van der Waals surface area contributed by atoms with Crippen molar-refractivity contribution in [3.63, 3.8) is 0 Å². The van der Waals surface area contributed by atoms with E-state index < -0.39 is 0 Å². The molecule has 17 heavy (non-hydrogen) atoms. The predicted molar refractivity (Wildman–Crippen MR) is 66.1 cm³/mol. The summed E-state index contributed by atoms with van der Waals surface area (Å²) in [5.41, 5.74) is 1.81.